The summed E-state index contributed by atoms with van der Waals surface area (Å²) in [4.78, 5) is 21.4. The maximum absolute atomic E-state index is 13.2. The van der Waals surface area contributed by atoms with Gasteiger partial charge in [0.05, 0.1) is 23.8 Å². The van der Waals surface area contributed by atoms with Crippen LogP contribution in [0.4, 0.5) is 5.82 Å². The average Bonchev–Trinajstić information content (AvgIpc) is 3.49. The van der Waals surface area contributed by atoms with Gasteiger partial charge in [0.25, 0.3) is 0 Å². The van der Waals surface area contributed by atoms with Crippen molar-refractivity contribution in [1.29, 1.82) is 0 Å². The second kappa shape index (κ2) is 7.86. The molecule has 2 aromatic heterocycles. The van der Waals surface area contributed by atoms with E-state index in [1.165, 1.54) is 23.7 Å². The van der Waals surface area contributed by atoms with E-state index < -0.39 is 18.2 Å². The fourth-order valence-corrected chi connectivity index (χ4v) is 4.63. The summed E-state index contributed by atoms with van der Waals surface area (Å²) in [5.41, 5.74) is 3.14. The predicted molar refractivity (Wildman–Crippen MR) is 113 cm³/mol. The number of fused-ring (bicyclic) bond motifs is 1. The van der Waals surface area contributed by atoms with Gasteiger partial charge in [0.15, 0.2) is 0 Å². The Balaban J connectivity index is 1.39. The number of benzene rings is 1. The van der Waals surface area contributed by atoms with Crippen LogP contribution < -0.4 is 5.32 Å². The van der Waals surface area contributed by atoms with Crippen molar-refractivity contribution in [3.8, 4) is 0 Å². The third-order valence-electron chi connectivity index (χ3n) is 6.34. The summed E-state index contributed by atoms with van der Waals surface area (Å²) >= 11 is 0. The molecule has 8 heteroatoms. The van der Waals surface area contributed by atoms with E-state index in [0.29, 0.717) is 17.9 Å². The second-order valence-electron chi connectivity index (χ2n) is 8.28. The molecule has 3 aromatic rings. The first-order valence-corrected chi connectivity index (χ1v) is 10.5. The molecule has 1 aromatic carbocycles. The van der Waals surface area contributed by atoms with E-state index in [-0.39, 0.29) is 23.3 Å². The lowest BCUT2D eigenvalue weighted by Crippen LogP contribution is -2.35. The summed E-state index contributed by atoms with van der Waals surface area (Å²) < 4.78 is 1.85. The molecule has 0 unspecified atom stereocenters. The van der Waals surface area contributed by atoms with Gasteiger partial charge >= 0.3 is 0 Å². The number of hydrogen-bond acceptors (Lipinski definition) is 7. The molecule has 159 valence electrons. The Labute approximate surface area is 180 Å². The number of anilines is 1. The van der Waals surface area contributed by atoms with Gasteiger partial charge in [-0.25, -0.2) is 9.97 Å². The zero-order chi connectivity index (χ0) is 21.5. The molecule has 0 amide bonds. The Morgan fingerprint density at radius 2 is 2.03 bits per heavy atom. The summed E-state index contributed by atoms with van der Waals surface area (Å²) in [5.74, 6) is -0.281. The smallest absolute Gasteiger partial charge is 0.218 e. The third-order valence-corrected chi connectivity index (χ3v) is 6.34. The molecule has 0 aliphatic heterocycles. The van der Waals surface area contributed by atoms with Crippen molar-refractivity contribution in [2.24, 2.45) is 5.92 Å². The second-order valence-corrected chi connectivity index (χ2v) is 8.28. The molecule has 5 rings (SSSR count). The molecule has 1 fully saturated rings. The number of carbonyl (C=O) groups is 1. The lowest BCUT2D eigenvalue weighted by Gasteiger charge is -2.19. The van der Waals surface area contributed by atoms with E-state index in [9.17, 15) is 15.0 Å². The van der Waals surface area contributed by atoms with Crippen LogP contribution >= 0.6 is 0 Å². The zero-order valence-corrected chi connectivity index (χ0v) is 16.9. The van der Waals surface area contributed by atoms with E-state index in [1.54, 1.807) is 6.07 Å². The monoisotopic (exact) mass is 418 g/mol. The topological polar surface area (TPSA) is 113 Å². The molecule has 0 spiro atoms. The van der Waals surface area contributed by atoms with E-state index in [1.807, 2.05) is 23.0 Å². The van der Waals surface area contributed by atoms with Gasteiger partial charge in [-0.2, -0.15) is 5.10 Å². The molecule has 0 bridgehead atoms. The summed E-state index contributed by atoms with van der Waals surface area (Å²) in [6, 6.07) is 9.69. The highest BCUT2D eigenvalue weighted by Crippen LogP contribution is 2.34. The first-order valence-electron chi connectivity index (χ1n) is 10.5. The van der Waals surface area contributed by atoms with Crippen LogP contribution in [0.2, 0.25) is 0 Å². The van der Waals surface area contributed by atoms with E-state index in [4.69, 9.17) is 0 Å². The number of rotatable bonds is 5. The first kappa shape index (κ1) is 19.8. The molecule has 8 nitrogen and oxygen atoms in total. The van der Waals surface area contributed by atoms with Crippen LogP contribution in [0.15, 0.2) is 49.1 Å². The van der Waals surface area contributed by atoms with Gasteiger partial charge in [0, 0.05) is 12.4 Å². The lowest BCUT2D eigenvalue weighted by molar-refractivity contribution is 0.0256. The van der Waals surface area contributed by atoms with Crippen molar-refractivity contribution < 1.29 is 15.0 Å². The van der Waals surface area contributed by atoms with Gasteiger partial charge in [-0.05, 0) is 49.3 Å². The molecule has 5 atom stereocenters. The Morgan fingerprint density at radius 3 is 2.84 bits per heavy atom. The van der Waals surface area contributed by atoms with E-state index in [2.05, 4.69) is 39.4 Å². The minimum absolute atomic E-state index is 0.117. The maximum Gasteiger partial charge on any atom is 0.218 e. The minimum Gasteiger partial charge on any atom is -0.390 e. The highest BCUT2D eigenvalue weighted by atomic mass is 16.3. The van der Waals surface area contributed by atoms with Gasteiger partial charge in [-0.1, -0.05) is 24.3 Å². The number of aliphatic hydroxyl groups is 2. The van der Waals surface area contributed by atoms with Crippen molar-refractivity contribution in [2.45, 2.75) is 43.6 Å². The lowest BCUT2D eigenvalue weighted by atomic mass is 10.1. The average molecular weight is 418 g/mol. The molecule has 2 aliphatic rings. The van der Waals surface area contributed by atoms with Crippen molar-refractivity contribution >= 4 is 11.6 Å². The Hall–Kier alpha value is -3.10. The van der Waals surface area contributed by atoms with Gasteiger partial charge in [-0.15, -0.1) is 0 Å². The van der Waals surface area contributed by atoms with Crippen LogP contribution in [0.3, 0.4) is 0 Å². The molecule has 1 radical (unpaired) electrons. The molecule has 31 heavy (non-hydrogen) atoms. The number of ketones is 1. The van der Waals surface area contributed by atoms with E-state index >= 15 is 0 Å². The number of nitrogens with one attached hydrogen (secondary N) is 1. The third kappa shape index (κ3) is 3.51. The van der Waals surface area contributed by atoms with Crippen molar-refractivity contribution in [3.05, 3.63) is 78.4 Å². The number of hydrogen-bond donors (Lipinski definition) is 3. The SMILES string of the molecule is [CH2][C@@H]1C[C@@H](Nc2ncncc2C(=O)c2ccn([C@@H]3CCc4ccccc43)n2)[C@H](O)[C@@H]1O. The van der Waals surface area contributed by atoms with Gasteiger partial charge in [-0.3, -0.25) is 9.48 Å². The quantitative estimate of drug-likeness (QED) is 0.542. The van der Waals surface area contributed by atoms with E-state index in [0.717, 1.165) is 12.8 Å². The van der Waals surface area contributed by atoms with Crippen LogP contribution in [0.1, 0.15) is 46.1 Å². The van der Waals surface area contributed by atoms with Crippen LogP contribution in [0, 0.1) is 12.8 Å². The van der Waals surface area contributed by atoms with Gasteiger partial charge in [0.2, 0.25) is 5.78 Å². The standard InChI is InChI=1S/C23H24N5O3/c1-13-10-18(22(31)20(13)29)26-23-16(11-24-12-25-23)21(30)17-8-9-28(27-17)19-7-6-14-4-2-3-5-15(14)19/h2-5,8-9,11-13,18-20,22,29,31H,1,6-7,10H2,(H,24,25,26)/t13-,18-,19-,20-,22+/m1/s1. The minimum atomic E-state index is -0.984. The predicted octanol–water partition coefficient (Wildman–Crippen LogP) is 1.80. The first-order chi connectivity index (χ1) is 15.0. The van der Waals surface area contributed by atoms with Crippen molar-refractivity contribution in [1.82, 2.24) is 19.7 Å². The number of aryl methyl sites for hydroxylation is 1. The zero-order valence-electron chi connectivity index (χ0n) is 16.9. The number of aromatic nitrogens is 4. The number of nitrogens with zero attached hydrogens (tertiary/aromatic N) is 4. The molecule has 0 saturated heterocycles. The van der Waals surface area contributed by atoms with Crippen molar-refractivity contribution in [2.75, 3.05) is 5.32 Å². The highest BCUT2D eigenvalue weighted by molar-refractivity contribution is 6.10. The van der Waals surface area contributed by atoms with Crippen LogP contribution in [-0.4, -0.2) is 54.0 Å². The Bertz CT molecular complexity index is 1110. The van der Waals surface area contributed by atoms with Crippen LogP contribution in [0.5, 0.6) is 0 Å². The molecule has 2 heterocycles. The number of carbonyl (C=O) groups excluding carboxylic acids is 1. The fraction of sp³-hybridized carbons (Fsp3) is 0.348. The summed E-state index contributed by atoms with van der Waals surface area (Å²) in [7, 11) is 0. The molecule has 1 saturated carbocycles. The Kier molecular flexibility index (Phi) is 5.03. The molecule has 2 aliphatic carbocycles. The summed E-state index contributed by atoms with van der Waals surface area (Å²) in [5, 5.41) is 27.9. The highest BCUT2D eigenvalue weighted by Gasteiger charge is 2.39. The molecular formula is C23H24N5O3. The van der Waals surface area contributed by atoms with Crippen LogP contribution in [-0.2, 0) is 6.42 Å². The van der Waals surface area contributed by atoms with Crippen molar-refractivity contribution in [3.63, 3.8) is 0 Å². The fourth-order valence-electron chi connectivity index (χ4n) is 4.63. The molecular weight excluding hydrogens is 394 g/mol. The normalized spacial score (nSPS) is 27.3. The van der Waals surface area contributed by atoms with Crippen LogP contribution in [0.25, 0.3) is 0 Å². The van der Waals surface area contributed by atoms with Gasteiger partial charge in [0.1, 0.15) is 23.9 Å². The largest absolute Gasteiger partial charge is 0.390 e. The summed E-state index contributed by atoms with van der Waals surface area (Å²) in [6.45, 7) is 3.86. The Morgan fingerprint density at radius 1 is 1.19 bits per heavy atom. The van der Waals surface area contributed by atoms with Gasteiger partial charge < -0.3 is 15.5 Å². The summed E-state index contributed by atoms with van der Waals surface area (Å²) in [6.07, 6.45) is 5.13. The molecule has 3 N–H and O–H groups in total. The maximum atomic E-state index is 13.2. The number of aliphatic hydroxyl groups excluding tert-OH is 2.